The van der Waals surface area contributed by atoms with Gasteiger partial charge >= 0.3 is 5.97 Å². The van der Waals surface area contributed by atoms with Crippen molar-refractivity contribution in [2.24, 2.45) is 0 Å². The number of benzene rings is 3. The highest BCUT2D eigenvalue weighted by Crippen LogP contribution is 2.26. The lowest BCUT2D eigenvalue weighted by molar-refractivity contribution is 0.0693. The van der Waals surface area contributed by atoms with E-state index in [2.05, 4.69) is 0 Å². The molecule has 3 aromatic rings. The van der Waals surface area contributed by atoms with Crippen LogP contribution in [0, 0.1) is 0 Å². The van der Waals surface area contributed by atoms with E-state index in [1.54, 1.807) is 6.07 Å². The van der Waals surface area contributed by atoms with Crippen molar-refractivity contribution in [3.63, 3.8) is 0 Å². The Morgan fingerprint density at radius 2 is 1.63 bits per heavy atom. The van der Waals surface area contributed by atoms with E-state index in [1.807, 2.05) is 42.5 Å². The molecule has 0 saturated carbocycles. The normalized spacial score (nSPS) is 10.4. The quantitative estimate of drug-likeness (QED) is 0.629. The monoisotopic (exact) mass is 362 g/mol. The molecule has 136 valence electrons. The standard InChI is InChI=1S/C22H18O5/c1-14(23)16-5-3-7-18(11-16)17-6-2-4-15(10-17)13-27-19-8-9-20(22(25)26)21(24)12-19/h2-12,24H,13H2,1H3,(H,25,26). The van der Waals surface area contributed by atoms with Crippen LogP contribution in [0.15, 0.2) is 66.7 Å². The highest BCUT2D eigenvalue weighted by Gasteiger charge is 2.10. The highest BCUT2D eigenvalue weighted by atomic mass is 16.5. The molecule has 0 aromatic heterocycles. The number of aromatic hydroxyl groups is 1. The Balaban J connectivity index is 1.77. The van der Waals surface area contributed by atoms with Crippen molar-refractivity contribution in [3.8, 4) is 22.6 Å². The zero-order chi connectivity index (χ0) is 19.4. The summed E-state index contributed by atoms with van der Waals surface area (Å²) in [6.07, 6.45) is 0. The summed E-state index contributed by atoms with van der Waals surface area (Å²) in [4.78, 5) is 22.5. The van der Waals surface area contributed by atoms with Crippen LogP contribution in [0.4, 0.5) is 0 Å². The lowest BCUT2D eigenvalue weighted by Gasteiger charge is -2.10. The van der Waals surface area contributed by atoms with Crippen LogP contribution in [0.5, 0.6) is 11.5 Å². The lowest BCUT2D eigenvalue weighted by atomic mass is 10.00. The molecule has 0 aliphatic heterocycles. The van der Waals surface area contributed by atoms with Crippen molar-refractivity contribution in [2.45, 2.75) is 13.5 Å². The van der Waals surface area contributed by atoms with Crippen molar-refractivity contribution >= 4 is 11.8 Å². The summed E-state index contributed by atoms with van der Waals surface area (Å²) in [5.74, 6) is -1.14. The molecule has 5 nitrogen and oxygen atoms in total. The number of hydrogen-bond acceptors (Lipinski definition) is 4. The van der Waals surface area contributed by atoms with E-state index in [9.17, 15) is 14.7 Å². The Hall–Kier alpha value is -3.60. The maximum atomic E-state index is 11.6. The maximum absolute atomic E-state index is 11.6. The molecule has 3 rings (SSSR count). The summed E-state index contributed by atoms with van der Waals surface area (Å²) in [6, 6.07) is 19.2. The number of Topliss-reactive ketones (excluding diaryl/α,β-unsaturated/α-hetero) is 1. The van der Waals surface area contributed by atoms with E-state index in [-0.39, 0.29) is 23.7 Å². The molecule has 0 aliphatic carbocycles. The smallest absolute Gasteiger partial charge is 0.339 e. The Labute approximate surface area is 156 Å². The molecule has 0 bridgehead atoms. The fourth-order valence-corrected chi connectivity index (χ4v) is 2.71. The van der Waals surface area contributed by atoms with Crippen LogP contribution in [0.25, 0.3) is 11.1 Å². The molecule has 27 heavy (non-hydrogen) atoms. The van der Waals surface area contributed by atoms with Crippen LogP contribution in [0.3, 0.4) is 0 Å². The second-order valence-corrected chi connectivity index (χ2v) is 6.11. The van der Waals surface area contributed by atoms with Crippen LogP contribution >= 0.6 is 0 Å². The van der Waals surface area contributed by atoms with Gasteiger partial charge in [-0.25, -0.2) is 4.79 Å². The number of hydrogen-bond donors (Lipinski definition) is 2. The Morgan fingerprint density at radius 3 is 2.30 bits per heavy atom. The predicted molar refractivity (Wildman–Crippen MR) is 101 cm³/mol. The first-order valence-corrected chi connectivity index (χ1v) is 8.33. The molecular formula is C22H18O5. The van der Waals surface area contributed by atoms with Crippen LogP contribution in [-0.4, -0.2) is 22.0 Å². The molecule has 0 atom stereocenters. The number of carboxylic acid groups (broad SMARTS) is 1. The van der Waals surface area contributed by atoms with Crippen LogP contribution in [0.2, 0.25) is 0 Å². The molecule has 0 spiro atoms. The number of rotatable bonds is 6. The minimum absolute atomic E-state index is 0.0148. The van der Waals surface area contributed by atoms with Gasteiger partial charge in [-0.2, -0.15) is 0 Å². The minimum Gasteiger partial charge on any atom is -0.507 e. The molecule has 0 fully saturated rings. The van der Waals surface area contributed by atoms with Gasteiger partial charge in [-0.15, -0.1) is 0 Å². The number of ether oxygens (including phenoxy) is 1. The van der Waals surface area contributed by atoms with Gasteiger partial charge in [0.2, 0.25) is 0 Å². The van der Waals surface area contributed by atoms with Crippen molar-refractivity contribution in [3.05, 3.63) is 83.4 Å². The van der Waals surface area contributed by atoms with E-state index in [0.29, 0.717) is 11.3 Å². The number of carbonyl (C=O) groups excluding carboxylic acids is 1. The fraction of sp³-hybridized carbons (Fsp3) is 0.0909. The van der Waals surface area contributed by atoms with Crippen molar-refractivity contribution in [1.82, 2.24) is 0 Å². The van der Waals surface area contributed by atoms with Gasteiger partial charge in [0.05, 0.1) is 0 Å². The lowest BCUT2D eigenvalue weighted by Crippen LogP contribution is -1.99. The second-order valence-electron chi connectivity index (χ2n) is 6.11. The number of phenols is 1. The van der Waals surface area contributed by atoms with E-state index < -0.39 is 5.97 Å². The van der Waals surface area contributed by atoms with E-state index in [0.717, 1.165) is 16.7 Å². The molecule has 0 heterocycles. The van der Waals surface area contributed by atoms with E-state index >= 15 is 0 Å². The molecule has 0 aliphatic rings. The summed E-state index contributed by atoms with van der Waals surface area (Å²) >= 11 is 0. The fourth-order valence-electron chi connectivity index (χ4n) is 2.71. The predicted octanol–water partition coefficient (Wildman–Crippen LogP) is 4.54. The highest BCUT2D eigenvalue weighted by molar-refractivity contribution is 5.95. The Kier molecular flexibility index (Phi) is 5.22. The maximum Gasteiger partial charge on any atom is 0.339 e. The third-order valence-electron chi connectivity index (χ3n) is 4.13. The Morgan fingerprint density at radius 1 is 0.926 bits per heavy atom. The van der Waals surface area contributed by atoms with Crippen molar-refractivity contribution in [2.75, 3.05) is 0 Å². The second kappa shape index (κ2) is 7.74. The zero-order valence-electron chi connectivity index (χ0n) is 14.7. The van der Waals surface area contributed by atoms with Crippen LogP contribution < -0.4 is 4.74 Å². The van der Waals surface area contributed by atoms with E-state index in [1.165, 1.54) is 25.1 Å². The van der Waals surface area contributed by atoms with Crippen molar-refractivity contribution in [1.29, 1.82) is 0 Å². The average molecular weight is 362 g/mol. The van der Waals surface area contributed by atoms with Crippen LogP contribution in [0.1, 0.15) is 33.2 Å². The number of aromatic carboxylic acids is 1. The van der Waals surface area contributed by atoms with Gasteiger partial charge in [-0.3, -0.25) is 4.79 Å². The number of ketones is 1. The molecule has 0 saturated heterocycles. The largest absolute Gasteiger partial charge is 0.507 e. The summed E-state index contributed by atoms with van der Waals surface area (Å²) in [7, 11) is 0. The summed E-state index contributed by atoms with van der Waals surface area (Å²) < 4.78 is 5.65. The number of carboxylic acids is 1. The van der Waals surface area contributed by atoms with Gasteiger partial charge in [0.25, 0.3) is 0 Å². The first-order valence-electron chi connectivity index (χ1n) is 8.33. The molecular weight excluding hydrogens is 344 g/mol. The van der Waals surface area contributed by atoms with Gasteiger partial charge in [0.15, 0.2) is 5.78 Å². The number of carbonyl (C=O) groups is 2. The first-order chi connectivity index (χ1) is 12.9. The van der Waals surface area contributed by atoms with E-state index in [4.69, 9.17) is 9.84 Å². The van der Waals surface area contributed by atoms with Gasteiger partial charge in [-0.05, 0) is 47.9 Å². The zero-order valence-corrected chi connectivity index (χ0v) is 14.7. The van der Waals surface area contributed by atoms with Gasteiger partial charge in [-0.1, -0.05) is 36.4 Å². The first kappa shape index (κ1) is 18.2. The molecule has 0 amide bonds. The SMILES string of the molecule is CC(=O)c1cccc(-c2cccc(COc3ccc(C(=O)O)c(O)c3)c2)c1. The molecule has 3 aromatic carbocycles. The molecule has 5 heteroatoms. The topological polar surface area (TPSA) is 83.8 Å². The van der Waals surface area contributed by atoms with Crippen molar-refractivity contribution < 1.29 is 24.5 Å². The third-order valence-corrected chi connectivity index (χ3v) is 4.13. The van der Waals surface area contributed by atoms with Gasteiger partial charge < -0.3 is 14.9 Å². The molecule has 2 N–H and O–H groups in total. The Bertz CT molecular complexity index is 1010. The van der Waals surface area contributed by atoms with Crippen LogP contribution in [-0.2, 0) is 6.61 Å². The third kappa shape index (κ3) is 4.33. The average Bonchev–Trinajstić information content (AvgIpc) is 2.66. The molecule has 0 radical (unpaired) electrons. The molecule has 0 unspecified atom stereocenters. The van der Waals surface area contributed by atoms with Gasteiger partial charge in [0, 0.05) is 11.6 Å². The van der Waals surface area contributed by atoms with Gasteiger partial charge in [0.1, 0.15) is 23.7 Å². The summed E-state index contributed by atoms with van der Waals surface area (Å²) in [5, 5.41) is 18.7. The minimum atomic E-state index is -1.19. The summed E-state index contributed by atoms with van der Waals surface area (Å²) in [6.45, 7) is 1.79. The summed E-state index contributed by atoms with van der Waals surface area (Å²) in [5.41, 5.74) is 3.29.